The number of nitrogens with two attached hydrogens (primary N) is 1. The van der Waals surface area contributed by atoms with Crippen molar-refractivity contribution in [3.05, 3.63) is 29.3 Å². The average molecular weight is 245 g/mol. The van der Waals surface area contributed by atoms with Crippen LogP contribution in [0.2, 0.25) is 0 Å². The smallest absolute Gasteiger partial charge is 0.335 e. The molecule has 0 saturated carbocycles. The highest BCUT2D eigenvalue weighted by Gasteiger charge is 2.16. The van der Waals surface area contributed by atoms with Crippen LogP contribution in [-0.2, 0) is 10.0 Å². The van der Waals surface area contributed by atoms with Gasteiger partial charge in [-0.1, -0.05) is 0 Å². The summed E-state index contributed by atoms with van der Waals surface area (Å²) >= 11 is 0. The van der Waals surface area contributed by atoms with E-state index in [0.29, 0.717) is 0 Å². The lowest BCUT2D eigenvalue weighted by molar-refractivity contribution is 0.0696. The molecular weight excluding hydrogens is 238 g/mol. The quantitative estimate of drug-likeness (QED) is 0.670. The number of hydrogen-bond acceptors (Lipinski definition) is 4. The molecule has 4 N–H and O–H groups in total. The molecule has 0 bridgehead atoms. The maximum Gasteiger partial charge on any atom is 0.335 e. The number of carboxylic acid groups (broad SMARTS) is 2. The van der Waals surface area contributed by atoms with Gasteiger partial charge in [0.2, 0.25) is 10.0 Å². The molecule has 0 fully saturated rings. The second-order valence-electron chi connectivity index (χ2n) is 2.90. The minimum Gasteiger partial charge on any atom is -0.478 e. The van der Waals surface area contributed by atoms with Crippen molar-refractivity contribution in [2.45, 2.75) is 4.90 Å². The second-order valence-corrected chi connectivity index (χ2v) is 4.46. The first-order chi connectivity index (χ1) is 7.21. The molecule has 0 aliphatic rings. The van der Waals surface area contributed by atoms with Crippen LogP contribution in [0.1, 0.15) is 20.7 Å². The Kier molecular flexibility index (Phi) is 2.97. The highest BCUT2D eigenvalue weighted by atomic mass is 32.2. The molecule has 0 aromatic heterocycles. The molecule has 0 aliphatic heterocycles. The first-order valence-electron chi connectivity index (χ1n) is 3.86. The topological polar surface area (TPSA) is 135 Å². The third-order valence-electron chi connectivity index (χ3n) is 1.73. The van der Waals surface area contributed by atoms with Gasteiger partial charge in [-0.15, -0.1) is 0 Å². The fourth-order valence-electron chi connectivity index (χ4n) is 1.01. The zero-order valence-electron chi connectivity index (χ0n) is 7.75. The van der Waals surface area contributed by atoms with Crippen molar-refractivity contribution in [1.29, 1.82) is 0 Å². The Morgan fingerprint density at radius 2 is 1.38 bits per heavy atom. The number of benzene rings is 1. The van der Waals surface area contributed by atoms with Crippen molar-refractivity contribution in [1.82, 2.24) is 0 Å². The van der Waals surface area contributed by atoms with Crippen molar-refractivity contribution in [3.8, 4) is 0 Å². The summed E-state index contributed by atoms with van der Waals surface area (Å²) < 4.78 is 21.9. The van der Waals surface area contributed by atoms with Crippen LogP contribution < -0.4 is 5.14 Å². The summed E-state index contributed by atoms with van der Waals surface area (Å²) in [4.78, 5) is 20.7. The van der Waals surface area contributed by atoms with E-state index in [1.54, 1.807) is 0 Å². The Balaban J connectivity index is 3.54. The highest BCUT2D eigenvalue weighted by molar-refractivity contribution is 7.89. The van der Waals surface area contributed by atoms with Crippen molar-refractivity contribution < 1.29 is 28.2 Å². The van der Waals surface area contributed by atoms with Gasteiger partial charge in [0.1, 0.15) is 0 Å². The van der Waals surface area contributed by atoms with Gasteiger partial charge < -0.3 is 10.2 Å². The van der Waals surface area contributed by atoms with E-state index in [9.17, 15) is 18.0 Å². The van der Waals surface area contributed by atoms with E-state index in [0.717, 1.165) is 18.2 Å². The van der Waals surface area contributed by atoms with Crippen molar-refractivity contribution in [3.63, 3.8) is 0 Å². The molecule has 1 aromatic carbocycles. The number of aromatic carboxylic acids is 2. The predicted octanol–water partition coefficient (Wildman–Crippen LogP) is -0.270. The van der Waals surface area contributed by atoms with Gasteiger partial charge in [-0.2, -0.15) is 0 Å². The van der Waals surface area contributed by atoms with Crippen LogP contribution >= 0.6 is 0 Å². The van der Waals surface area contributed by atoms with Crippen LogP contribution in [0.5, 0.6) is 0 Å². The molecule has 0 aliphatic carbocycles. The Morgan fingerprint density at radius 3 is 1.62 bits per heavy atom. The third kappa shape index (κ3) is 2.55. The maximum atomic E-state index is 11.0. The van der Waals surface area contributed by atoms with E-state index in [1.165, 1.54) is 0 Å². The molecule has 7 nitrogen and oxygen atoms in total. The number of primary sulfonamides is 1. The molecule has 0 radical (unpaired) electrons. The Morgan fingerprint density at radius 1 is 1.00 bits per heavy atom. The van der Waals surface area contributed by atoms with Gasteiger partial charge in [0.25, 0.3) is 0 Å². The van der Waals surface area contributed by atoms with Crippen LogP contribution in [-0.4, -0.2) is 30.6 Å². The molecule has 8 heteroatoms. The number of sulfonamides is 1. The van der Waals surface area contributed by atoms with Gasteiger partial charge in [-0.05, 0) is 18.2 Å². The first-order valence-corrected chi connectivity index (χ1v) is 5.41. The lowest BCUT2D eigenvalue weighted by atomic mass is 10.1. The maximum absolute atomic E-state index is 11.0. The second kappa shape index (κ2) is 3.91. The summed E-state index contributed by atoms with van der Waals surface area (Å²) in [5.74, 6) is -2.87. The van der Waals surface area contributed by atoms with Gasteiger partial charge in [-0.25, -0.2) is 23.1 Å². The Hall–Kier alpha value is -1.93. The highest BCUT2D eigenvalue weighted by Crippen LogP contribution is 2.14. The fraction of sp³-hybridized carbons (Fsp3) is 0. The summed E-state index contributed by atoms with van der Waals surface area (Å²) in [6, 6.07) is 2.44. The van der Waals surface area contributed by atoms with Crippen LogP contribution in [0, 0.1) is 0 Å². The molecule has 0 atom stereocenters. The molecule has 16 heavy (non-hydrogen) atoms. The van der Waals surface area contributed by atoms with Gasteiger partial charge in [0.05, 0.1) is 16.0 Å². The third-order valence-corrected chi connectivity index (χ3v) is 2.62. The minimum absolute atomic E-state index is 0.455. The van der Waals surface area contributed by atoms with Crippen LogP contribution in [0.4, 0.5) is 0 Å². The van der Waals surface area contributed by atoms with E-state index < -0.39 is 38.0 Å². The Labute approximate surface area is 90.2 Å². The zero-order chi connectivity index (χ0) is 12.5. The van der Waals surface area contributed by atoms with Gasteiger partial charge in [0, 0.05) is 0 Å². The lowest BCUT2D eigenvalue weighted by Gasteiger charge is -2.02. The number of hydrogen-bond donors (Lipinski definition) is 3. The van der Waals surface area contributed by atoms with Crippen molar-refractivity contribution in [2.24, 2.45) is 5.14 Å². The SMILES string of the molecule is NS(=O)(=O)c1cc(C(=O)O)cc(C(=O)O)c1. The normalized spacial score (nSPS) is 11.1. The summed E-state index contributed by atoms with van der Waals surface area (Å²) in [5.41, 5.74) is -0.909. The number of carboxylic acids is 2. The van der Waals surface area contributed by atoms with Crippen LogP contribution in [0.15, 0.2) is 23.1 Å². The molecule has 0 amide bonds. The van der Waals surface area contributed by atoms with E-state index in [1.807, 2.05) is 0 Å². The largest absolute Gasteiger partial charge is 0.478 e. The summed E-state index contributed by atoms with van der Waals surface area (Å²) in [6.07, 6.45) is 0. The van der Waals surface area contributed by atoms with E-state index in [2.05, 4.69) is 0 Å². The molecule has 86 valence electrons. The van der Waals surface area contributed by atoms with E-state index >= 15 is 0 Å². The van der Waals surface area contributed by atoms with Crippen molar-refractivity contribution >= 4 is 22.0 Å². The molecule has 1 aromatic rings. The number of rotatable bonds is 3. The average Bonchev–Trinajstić information content (AvgIpc) is 2.15. The summed E-state index contributed by atoms with van der Waals surface area (Å²) in [7, 11) is -4.14. The van der Waals surface area contributed by atoms with Crippen molar-refractivity contribution in [2.75, 3.05) is 0 Å². The first kappa shape index (κ1) is 12.1. The number of carbonyl (C=O) groups is 2. The van der Waals surface area contributed by atoms with Gasteiger partial charge in [0.15, 0.2) is 0 Å². The predicted molar refractivity (Wildman–Crippen MR) is 51.7 cm³/mol. The Bertz CT molecular complexity index is 530. The van der Waals surface area contributed by atoms with Crippen LogP contribution in [0.3, 0.4) is 0 Å². The monoisotopic (exact) mass is 245 g/mol. The van der Waals surface area contributed by atoms with Gasteiger partial charge in [-0.3, -0.25) is 0 Å². The summed E-state index contributed by atoms with van der Waals surface area (Å²) in [5, 5.41) is 22.1. The molecule has 0 heterocycles. The van der Waals surface area contributed by atoms with Gasteiger partial charge >= 0.3 is 11.9 Å². The molecule has 0 spiro atoms. The standard InChI is InChI=1S/C8H7NO6S/c9-16(14,15)6-2-4(7(10)11)1-5(3-6)8(12)13/h1-3H,(H,10,11)(H,12,13)(H2,9,14,15). The summed E-state index contributed by atoms with van der Waals surface area (Å²) in [6.45, 7) is 0. The zero-order valence-corrected chi connectivity index (χ0v) is 8.56. The van der Waals surface area contributed by atoms with E-state index in [4.69, 9.17) is 15.4 Å². The molecule has 1 rings (SSSR count). The fourth-order valence-corrected chi connectivity index (χ4v) is 1.59. The van der Waals surface area contributed by atoms with Crippen LogP contribution in [0.25, 0.3) is 0 Å². The van der Waals surface area contributed by atoms with E-state index in [-0.39, 0.29) is 0 Å². The molecule has 0 saturated heterocycles. The minimum atomic E-state index is -4.14. The molecule has 0 unspecified atom stereocenters. The lowest BCUT2D eigenvalue weighted by Crippen LogP contribution is -2.14. The molecular formula is C8H7NO6S.